The number of alkyl halides is 3. The quantitative estimate of drug-likeness (QED) is 0.516. The molecule has 0 aromatic heterocycles. The predicted molar refractivity (Wildman–Crippen MR) is 70.4 cm³/mol. The van der Waals surface area contributed by atoms with Crippen LogP contribution < -0.4 is 5.73 Å². The summed E-state index contributed by atoms with van der Waals surface area (Å²) in [7, 11) is 0. The number of ketones is 1. The van der Waals surface area contributed by atoms with E-state index in [1.807, 2.05) is 0 Å². The van der Waals surface area contributed by atoms with Crippen LogP contribution in [0, 0.1) is 5.92 Å². The van der Waals surface area contributed by atoms with Crippen molar-refractivity contribution in [3.63, 3.8) is 0 Å². The fraction of sp³-hybridized carbons (Fsp3) is 0.429. The maximum Gasteiger partial charge on any atom is 0.418 e. The average Bonchev–Trinajstić information content (AvgIpc) is 2.36. The number of esters is 1. The Bertz CT molecular complexity index is 541. The van der Waals surface area contributed by atoms with Crippen LogP contribution in [-0.4, -0.2) is 18.4 Å². The van der Waals surface area contributed by atoms with Gasteiger partial charge in [-0.1, -0.05) is 12.1 Å². The van der Waals surface area contributed by atoms with E-state index in [2.05, 4.69) is 4.74 Å². The van der Waals surface area contributed by atoms with E-state index in [1.54, 1.807) is 6.92 Å². The van der Waals surface area contributed by atoms with Crippen LogP contribution in [0.15, 0.2) is 18.2 Å². The summed E-state index contributed by atoms with van der Waals surface area (Å²) in [6.45, 7) is 2.98. The van der Waals surface area contributed by atoms with Gasteiger partial charge < -0.3 is 10.5 Å². The van der Waals surface area contributed by atoms with Gasteiger partial charge >= 0.3 is 12.1 Å². The minimum atomic E-state index is -4.66. The minimum Gasteiger partial charge on any atom is -0.465 e. The second-order valence-electron chi connectivity index (χ2n) is 4.50. The molecule has 0 radical (unpaired) electrons. The third kappa shape index (κ3) is 4.21. The van der Waals surface area contributed by atoms with E-state index in [9.17, 15) is 22.8 Å². The highest BCUT2D eigenvalue weighted by atomic mass is 19.4. The standard InChI is InChI=1S/C14H16F3NO3/c1-3-21-13(20)8(2)11(19)7-9-5-4-6-10(18)12(9)14(15,16)17/h4-6,8H,3,7,18H2,1-2H3. The molecule has 21 heavy (non-hydrogen) atoms. The van der Waals surface area contributed by atoms with Gasteiger partial charge in [0.2, 0.25) is 0 Å². The van der Waals surface area contributed by atoms with Crippen LogP contribution in [0.1, 0.15) is 25.0 Å². The van der Waals surface area contributed by atoms with Crippen molar-refractivity contribution >= 4 is 17.4 Å². The van der Waals surface area contributed by atoms with Gasteiger partial charge in [0, 0.05) is 12.1 Å². The third-order valence-corrected chi connectivity index (χ3v) is 2.95. The molecule has 1 unspecified atom stereocenters. The summed E-state index contributed by atoms with van der Waals surface area (Å²) in [5.74, 6) is -2.52. The number of hydrogen-bond donors (Lipinski definition) is 1. The largest absolute Gasteiger partial charge is 0.465 e. The molecule has 0 aliphatic heterocycles. The van der Waals surface area contributed by atoms with E-state index in [0.717, 1.165) is 6.07 Å². The molecule has 0 fully saturated rings. The molecule has 0 bridgehead atoms. The van der Waals surface area contributed by atoms with E-state index >= 15 is 0 Å². The summed E-state index contributed by atoms with van der Waals surface area (Å²) in [5, 5.41) is 0. The predicted octanol–water partition coefficient (Wildman–Crippen LogP) is 2.60. The fourth-order valence-electron chi connectivity index (χ4n) is 1.85. The Morgan fingerprint density at radius 3 is 2.48 bits per heavy atom. The van der Waals surface area contributed by atoms with E-state index in [-0.39, 0.29) is 12.2 Å². The van der Waals surface area contributed by atoms with Crippen LogP contribution in [0.5, 0.6) is 0 Å². The Balaban J connectivity index is 3.01. The molecule has 0 spiro atoms. The topological polar surface area (TPSA) is 69.4 Å². The summed E-state index contributed by atoms with van der Waals surface area (Å²) >= 11 is 0. The molecule has 1 aromatic carbocycles. The molecule has 0 saturated carbocycles. The molecule has 116 valence electrons. The fourth-order valence-corrected chi connectivity index (χ4v) is 1.85. The summed E-state index contributed by atoms with van der Waals surface area (Å²) in [4.78, 5) is 23.3. The van der Waals surface area contributed by atoms with Crippen LogP contribution in [-0.2, 0) is 26.9 Å². The first-order valence-corrected chi connectivity index (χ1v) is 6.32. The van der Waals surface area contributed by atoms with Gasteiger partial charge in [0.1, 0.15) is 5.92 Å². The van der Waals surface area contributed by atoms with Crippen LogP contribution in [0.25, 0.3) is 0 Å². The zero-order valence-electron chi connectivity index (χ0n) is 11.7. The zero-order chi connectivity index (χ0) is 16.2. The van der Waals surface area contributed by atoms with Gasteiger partial charge in [-0.15, -0.1) is 0 Å². The third-order valence-electron chi connectivity index (χ3n) is 2.95. The number of nitrogen functional groups attached to an aromatic ring is 1. The lowest BCUT2D eigenvalue weighted by molar-refractivity contribution is -0.150. The van der Waals surface area contributed by atoms with Crippen molar-refractivity contribution < 1.29 is 27.5 Å². The first kappa shape index (κ1) is 17.0. The molecule has 2 N–H and O–H groups in total. The highest BCUT2D eigenvalue weighted by Crippen LogP contribution is 2.36. The number of carbonyl (C=O) groups excluding carboxylic acids is 2. The van der Waals surface area contributed by atoms with Crippen molar-refractivity contribution in [1.29, 1.82) is 0 Å². The van der Waals surface area contributed by atoms with Gasteiger partial charge in [0.15, 0.2) is 5.78 Å². The number of halogens is 3. The molecule has 0 saturated heterocycles. The summed E-state index contributed by atoms with van der Waals surface area (Å²) in [5.41, 5.74) is 3.62. The number of benzene rings is 1. The normalized spacial score (nSPS) is 12.8. The van der Waals surface area contributed by atoms with E-state index < -0.39 is 41.5 Å². The summed E-state index contributed by atoms with van der Waals surface area (Å²) < 4.78 is 43.5. The maximum absolute atomic E-state index is 13.0. The van der Waals surface area contributed by atoms with Crippen LogP contribution >= 0.6 is 0 Å². The number of anilines is 1. The van der Waals surface area contributed by atoms with E-state index in [4.69, 9.17) is 5.73 Å². The van der Waals surface area contributed by atoms with Gasteiger partial charge in [0.05, 0.1) is 12.2 Å². The van der Waals surface area contributed by atoms with Gasteiger partial charge in [-0.05, 0) is 25.5 Å². The van der Waals surface area contributed by atoms with Crippen LogP contribution in [0.3, 0.4) is 0 Å². The van der Waals surface area contributed by atoms with Crippen molar-refractivity contribution in [2.45, 2.75) is 26.4 Å². The molecular weight excluding hydrogens is 287 g/mol. The smallest absolute Gasteiger partial charge is 0.418 e. The molecule has 0 heterocycles. The number of Topliss-reactive ketones (excluding diaryl/α,β-unsaturated/α-hetero) is 1. The molecule has 1 atom stereocenters. The molecule has 0 aliphatic rings. The maximum atomic E-state index is 13.0. The van der Waals surface area contributed by atoms with Crippen molar-refractivity contribution in [3.05, 3.63) is 29.3 Å². The molecule has 1 rings (SSSR count). The number of carbonyl (C=O) groups is 2. The van der Waals surface area contributed by atoms with Crippen LogP contribution in [0.4, 0.5) is 18.9 Å². The van der Waals surface area contributed by atoms with Gasteiger partial charge in [0.25, 0.3) is 0 Å². The molecule has 4 nitrogen and oxygen atoms in total. The van der Waals surface area contributed by atoms with Crippen molar-refractivity contribution in [2.24, 2.45) is 5.92 Å². The van der Waals surface area contributed by atoms with Crippen molar-refractivity contribution in [2.75, 3.05) is 12.3 Å². The first-order valence-electron chi connectivity index (χ1n) is 6.32. The number of nitrogens with two attached hydrogens (primary N) is 1. The lowest BCUT2D eigenvalue weighted by Crippen LogP contribution is -2.26. The second kappa shape index (κ2) is 6.60. The number of ether oxygens (including phenoxy) is 1. The zero-order valence-corrected chi connectivity index (χ0v) is 11.7. The van der Waals surface area contributed by atoms with Crippen molar-refractivity contribution in [1.82, 2.24) is 0 Å². The monoisotopic (exact) mass is 303 g/mol. The Hall–Kier alpha value is -2.05. The Morgan fingerprint density at radius 1 is 1.33 bits per heavy atom. The van der Waals surface area contributed by atoms with E-state index in [0.29, 0.717) is 0 Å². The Labute approximate surface area is 120 Å². The molecule has 1 aromatic rings. The second-order valence-corrected chi connectivity index (χ2v) is 4.50. The molecule has 0 amide bonds. The van der Waals surface area contributed by atoms with Gasteiger partial charge in [-0.3, -0.25) is 9.59 Å². The molecule has 0 aliphatic carbocycles. The lowest BCUT2D eigenvalue weighted by atomic mass is 9.95. The summed E-state index contributed by atoms with van der Waals surface area (Å²) in [6, 6.07) is 3.63. The minimum absolute atomic E-state index is 0.0997. The molecule has 7 heteroatoms. The van der Waals surface area contributed by atoms with Gasteiger partial charge in [-0.2, -0.15) is 13.2 Å². The summed E-state index contributed by atoms with van der Waals surface area (Å²) in [6.07, 6.45) is -5.19. The Kier molecular flexibility index (Phi) is 5.34. The van der Waals surface area contributed by atoms with Gasteiger partial charge in [-0.25, -0.2) is 0 Å². The highest BCUT2D eigenvalue weighted by molar-refractivity contribution is 5.99. The SMILES string of the molecule is CCOC(=O)C(C)C(=O)Cc1cccc(N)c1C(F)(F)F. The van der Waals surface area contributed by atoms with Crippen molar-refractivity contribution in [3.8, 4) is 0 Å². The lowest BCUT2D eigenvalue weighted by Gasteiger charge is -2.16. The first-order chi connectivity index (χ1) is 9.68. The average molecular weight is 303 g/mol. The number of hydrogen-bond acceptors (Lipinski definition) is 4. The Morgan fingerprint density at radius 2 is 1.95 bits per heavy atom. The number of rotatable bonds is 5. The molecular formula is C14H16F3NO3. The van der Waals surface area contributed by atoms with Crippen LogP contribution in [0.2, 0.25) is 0 Å². The highest BCUT2D eigenvalue weighted by Gasteiger charge is 2.36. The van der Waals surface area contributed by atoms with E-state index in [1.165, 1.54) is 19.1 Å².